The molecular formula is C12H12ClNO3S. The summed E-state index contributed by atoms with van der Waals surface area (Å²) in [7, 11) is 1.45. The minimum absolute atomic E-state index is 0.0109. The summed E-state index contributed by atoms with van der Waals surface area (Å²) < 4.78 is 22.1. The zero-order valence-corrected chi connectivity index (χ0v) is 11.0. The van der Waals surface area contributed by atoms with E-state index in [0.717, 1.165) is 12.8 Å². The van der Waals surface area contributed by atoms with E-state index >= 15 is 0 Å². The summed E-state index contributed by atoms with van der Waals surface area (Å²) in [5, 5.41) is 2.87. The summed E-state index contributed by atoms with van der Waals surface area (Å²) in [4.78, 5) is 11.8. The second-order valence-corrected chi connectivity index (χ2v) is 6.64. The van der Waals surface area contributed by atoms with Gasteiger partial charge in [0.2, 0.25) is 0 Å². The normalized spacial score (nSPS) is 15.8. The molecule has 0 saturated heterocycles. The Morgan fingerprint density at radius 2 is 1.72 bits per heavy atom. The summed E-state index contributed by atoms with van der Waals surface area (Å²) >= 11 is 0. The van der Waals surface area contributed by atoms with Crippen LogP contribution in [0.3, 0.4) is 0 Å². The van der Waals surface area contributed by atoms with Crippen LogP contribution in [0.15, 0.2) is 41.3 Å². The highest BCUT2D eigenvalue weighted by Crippen LogP contribution is 2.16. The van der Waals surface area contributed by atoms with Gasteiger partial charge in [-0.05, 0) is 37.1 Å². The zero-order valence-electron chi connectivity index (χ0n) is 9.47. The van der Waals surface area contributed by atoms with E-state index in [0.29, 0.717) is 5.56 Å². The third kappa shape index (κ3) is 3.11. The summed E-state index contributed by atoms with van der Waals surface area (Å²) in [6.45, 7) is 0. The molecule has 0 heterocycles. The van der Waals surface area contributed by atoms with Gasteiger partial charge < -0.3 is 5.32 Å². The van der Waals surface area contributed by atoms with Crippen LogP contribution in [0.25, 0.3) is 0 Å². The molecule has 1 amide bonds. The molecule has 0 fully saturated rings. The molecular weight excluding hydrogens is 274 g/mol. The lowest BCUT2D eigenvalue weighted by molar-refractivity contribution is 0.0939. The third-order valence-corrected chi connectivity index (χ3v) is 4.11. The van der Waals surface area contributed by atoms with Crippen LogP contribution in [0.2, 0.25) is 0 Å². The molecule has 1 aliphatic rings. The lowest BCUT2D eigenvalue weighted by Crippen LogP contribution is -2.32. The molecule has 1 aliphatic carbocycles. The lowest BCUT2D eigenvalue weighted by Gasteiger charge is -2.11. The summed E-state index contributed by atoms with van der Waals surface area (Å²) in [5.74, 6) is -0.206. The Morgan fingerprint density at radius 3 is 2.22 bits per heavy atom. The second kappa shape index (κ2) is 5.12. The number of carbonyl (C=O) groups is 1. The van der Waals surface area contributed by atoms with Crippen LogP contribution < -0.4 is 5.32 Å². The predicted molar refractivity (Wildman–Crippen MR) is 69.1 cm³/mol. The Bertz CT molecular complexity index is 570. The minimum Gasteiger partial charge on any atom is -0.349 e. The van der Waals surface area contributed by atoms with Gasteiger partial charge in [0.1, 0.15) is 0 Å². The number of rotatable bonds is 3. The summed E-state index contributed by atoms with van der Waals surface area (Å²) in [5.41, 5.74) is 0.422. The maximum atomic E-state index is 11.8. The number of nitrogens with one attached hydrogen (secondary N) is 1. The molecule has 96 valence electrons. The van der Waals surface area contributed by atoms with Gasteiger partial charge in [-0.25, -0.2) is 8.42 Å². The molecule has 0 spiro atoms. The highest BCUT2D eigenvalue weighted by Gasteiger charge is 2.15. The number of hydrogen-bond acceptors (Lipinski definition) is 3. The molecule has 2 rings (SSSR count). The van der Waals surface area contributed by atoms with Crippen molar-refractivity contribution in [2.45, 2.75) is 23.8 Å². The molecule has 0 unspecified atom stereocenters. The fourth-order valence-electron chi connectivity index (χ4n) is 1.77. The summed E-state index contributed by atoms with van der Waals surface area (Å²) in [6.07, 6.45) is 5.71. The van der Waals surface area contributed by atoms with Gasteiger partial charge in [-0.2, -0.15) is 0 Å². The van der Waals surface area contributed by atoms with E-state index in [1.807, 2.05) is 12.2 Å². The Morgan fingerprint density at radius 1 is 1.17 bits per heavy atom. The van der Waals surface area contributed by atoms with Crippen molar-refractivity contribution >= 4 is 25.6 Å². The van der Waals surface area contributed by atoms with Crippen LogP contribution in [-0.2, 0) is 9.05 Å². The molecule has 4 nitrogen and oxygen atoms in total. The van der Waals surface area contributed by atoms with Crippen LogP contribution in [0, 0.1) is 0 Å². The Hall–Kier alpha value is -1.33. The van der Waals surface area contributed by atoms with Gasteiger partial charge in [0, 0.05) is 22.3 Å². The smallest absolute Gasteiger partial charge is 0.261 e. The minimum atomic E-state index is -3.74. The van der Waals surface area contributed by atoms with Crippen LogP contribution in [0.4, 0.5) is 0 Å². The van der Waals surface area contributed by atoms with E-state index in [4.69, 9.17) is 10.7 Å². The molecule has 1 N–H and O–H groups in total. The molecule has 0 atom stereocenters. The van der Waals surface area contributed by atoms with Gasteiger partial charge in [0.15, 0.2) is 0 Å². The van der Waals surface area contributed by atoms with Crippen LogP contribution >= 0.6 is 10.7 Å². The largest absolute Gasteiger partial charge is 0.349 e. The first kappa shape index (κ1) is 13.1. The third-order valence-electron chi connectivity index (χ3n) is 2.74. The highest BCUT2D eigenvalue weighted by atomic mass is 35.7. The van der Waals surface area contributed by atoms with Crippen LogP contribution in [0.5, 0.6) is 0 Å². The second-order valence-electron chi connectivity index (χ2n) is 4.08. The van der Waals surface area contributed by atoms with E-state index in [2.05, 4.69) is 5.32 Å². The van der Waals surface area contributed by atoms with E-state index in [-0.39, 0.29) is 16.8 Å². The molecule has 0 aliphatic heterocycles. The van der Waals surface area contributed by atoms with Crippen molar-refractivity contribution in [2.24, 2.45) is 0 Å². The van der Waals surface area contributed by atoms with Gasteiger partial charge in [-0.15, -0.1) is 0 Å². The Kier molecular flexibility index (Phi) is 3.73. The first-order valence-corrected chi connectivity index (χ1v) is 7.78. The fourth-order valence-corrected chi connectivity index (χ4v) is 2.54. The van der Waals surface area contributed by atoms with Crippen molar-refractivity contribution in [1.29, 1.82) is 0 Å². The number of hydrogen-bond donors (Lipinski definition) is 1. The maximum Gasteiger partial charge on any atom is 0.261 e. The summed E-state index contributed by atoms with van der Waals surface area (Å²) in [6, 6.07) is 5.68. The molecule has 1 aromatic rings. The lowest BCUT2D eigenvalue weighted by atomic mass is 10.2. The first-order valence-electron chi connectivity index (χ1n) is 5.47. The van der Waals surface area contributed by atoms with E-state index in [1.165, 1.54) is 24.3 Å². The van der Waals surface area contributed by atoms with E-state index in [1.54, 1.807) is 0 Å². The SMILES string of the molecule is O=C(NC1CC=CC1)c1ccc(S(=O)(=O)Cl)cc1. The number of halogens is 1. The standard InChI is InChI=1S/C12H12ClNO3S/c13-18(16,17)11-7-5-9(6-8-11)12(15)14-10-3-1-2-4-10/h1-2,5-8,10H,3-4H2,(H,14,15). The average Bonchev–Trinajstić information content (AvgIpc) is 2.81. The molecule has 0 bridgehead atoms. The van der Waals surface area contributed by atoms with Gasteiger partial charge in [-0.3, -0.25) is 4.79 Å². The number of benzene rings is 1. The topological polar surface area (TPSA) is 63.2 Å². The van der Waals surface area contributed by atoms with Crippen molar-refractivity contribution in [3.05, 3.63) is 42.0 Å². The van der Waals surface area contributed by atoms with Gasteiger partial charge in [0.05, 0.1) is 4.90 Å². The van der Waals surface area contributed by atoms with Crippen LogP contribution in [-0.4, -0.2) is 20.4 Å². The van der Waals surface area contributed by atoms with Crippen molar-refractivity contribution in [3.8, 4) is 0 Å². The monoisotopic (exact) mass is 285 g/mol. The quantitative estimate of drug-likeness (QED) is 0.683. The number of amides is 1. The van der Waals surface area contributed by atoms with Gasteiger partial charge in [0.25, 0.3) is 15.0 Å². The molecule has 1 aromatic carbocycles. The molecule has 18 heavy (non-hydrogen) atoms. The van der Waals surface area contributed by atoms with Crippen molar-refractivity contribution in [3.63, 3.8) is 0 Å². The van der Waals surface area contributed by atoms with Crippen molar-refractivity contribution in [1.82, 2.24) is 5.32 Å². The fraction of sp³-hybridized carbons (Fsp3) is 0.250. The number of carbonyl (C=O) groups excluding carboxylic acids is 1. The van der Waals surface area contributed by atoms with Crippen LogP contribution in [0.1, 0.15) is 23.2 Å². The predicted octanol–water partition coefficient (Wildman–Crippen LogP) is 2.06. The maximum absolute atomic E-state index is 11.8. The van der Waals surface area contributed by atoms with E-state index < -0.39 is 9.05 Å². The first-order chi connectivity index (χ1) is 8.47. The van der Waals surface area contributed by atoms with Crippen molar-refractivity contribution < 1.29 is 13.2 Å². The van der Waals surface area contributed by atoms with Gasteiger partial charge in [-0.1, -0.05) is 12.2 Å². The Balaban J connectivity index is 2.07. The molecule has 0 radical (unpaired) electrons. The Labute approximate surface area is 110 Å². The molecule has 0 aromatic heterocycles. The molecule has 6 heteroatoms. The van der Waals surface area contributed by atoms with E-state index in [9.17, 15) is 13.2 Å². The molecule has 0 saturated carbocycles. The highest BCUT2D eigenvalue weighted by molar-refractivity contribution is 8.13. The van der Waals surface area contributed by atoms with Crippen molar-refractivity contribution in [2.75, 3.05) is 0 Å². The average molecular weight is 286 g/mol. The zero-order chi connectivity index (χ0) is 13.2. The van der Waals surface area contributed by atoms with Gasteiger partial charge >= 0.3 is 0 Å².